The van der Waals surface area contributed by atoms with Gasteiger partial charge in [-0.2, -0.15) is 11.8 Å². The highest BCUT2D eigenvalue weighted by atomic mass is 32.2. The molecule has 1 aliphatic heterocycles. The standard InChI is InChI=1S/C12H20N2OS/c1-10-3-4-12(15-10)11(9-13)14-5-2-7-16-8-6-14/h3-4,11H,2,5-9,13H2,1H3. The van der Waals surface area contributed by atoms with E-state index in [4.69, 9.17) is 10.2 Å². The largest absolute Gasteiger partial charge is 0.465 e. The van der Waals surface area contributed by atoms with Gasteiger partial charge < -0.3 is 10.2 Å². The Balaban J connectivity index is 2.08. The minimum Gasteiger partial charge on any atom is -0.465 e. The van der Waals surface area contributed by atoms with E-state index < -0.39 is 0 Å². The van der Waals surface area contributed by atoms with Gasteiger partial charge in [-0.1, -0.05) is 0 Å². The first-order valence-electron chi connectivity index (χ1n) is 5.89. The SMILES string of the molecule is Cc1ccc(C(CN)N2CCCSCC2)o1. The second kappa shape index (κ2) is 5.75. The molecule has 0 radical (unpaired) electrons. The Morgan fingerprint density at radius 1 is 1.44 bits per heavy atom. The zero-order chi connectivity index (χ0) is 11.4. The lowest BCUT2D eigenvalue weighted by atomic mass is 10.2. The Bertz CT molecular complexity index is 319. The fraction of sp³-hybridized carbons (Fsp3) is 0.667. The van der Waals surface area contributed by atoms with Crippen LogP contribution in [-0.4, -0.2) is 36.0 Å². The second-order valence-electron chi connectivity index (χ2n) is 4.20. The van der Waals surface area contributed by atoms with Crippen molar-refractivity contribution in [3.8, 4) is 0 Å². The lowest BCUT2D eigenvalue weighted by Crippen LogP contribution is -2.35. The quantitative estimate of drug-likeness (QED) is 0.878. The number of thioether (sulfide) groups is 1. The molecular weight excluding hydrogens is 220 g/mol. The molecule has 0 saturated carbocycles. The summed E-state index contributed by atoms with van der Waals surface area (Å²) in [5, 5.41) is 0. The summed E-state index contributed by atoms with van der Waals surface area (Å²) in [6, 6.07) is 4.34. The summed E-state index contributed by atoms with van der Waals surface area (Å²) in [7, 11) is 0. The highest BCUT2D eigenvalue weighted by molar-refractivity contribution is 7.99. The van der Waals surface area contributed by atoms with Crippen LogP contribution >= 0.6 is 11.8 Å². The minimum absolute atomic E-state index is 0.257. The topological polar surface area (TPSA) is 42.4 Å². The molecule has 1 unspecified atom stereocenters. The molecular formula is C12H20N2OS. The van der Waals surface area contributed by atoms with Crippen LogP contribution in [0, 0.1) is 6.92 Å². The van der Waals surface area contributed by atoms with Crippen LogP contribution in [0.4, 0.5) is 0 Å². The highest BCUT2D eigenvalue weighted by Crippen LogP contribution is 2.24. The van der Waals surface area contributed by atoms with Crippen LogP contribution in [0.2, 0.25) is 0 Å². The molecule has 1 aromatic heterocycles. The van der Waals surface area contributed by atoms with E-state index in [2.05, 4.69) is 11.0 Å². The maximum Gasteiger partial charge on any atom is 0.122 e. The Labute approximate surface area is 101 Å². The van der Waals surface area contributed by atoms with Crippen LogP contribution in [0.1, 0.15) is 24.0 Å². The van der Waals surface area contributed by atoms with E-state index >= 15 is 0 Å². The van der Waals surface area contributed by atoms with E-state index in [1.807, 2.05) is 24.8 Å². The Morgan fingerprint density at radius 2 is 2.31 bits per heavy atom. The second-order valence-corrected chi connectivity index (χ2v) is 5.43. The molecule has 1 saturated heterocycles. The molecule has 1 atom stereocenters. The monoisotopic (exact) mass is 240 g/mol. The van der Waals surface area contributed by atoms with Crippen molar-refractivity contribution >= 4 is 11.8 Å². The number of rotatable bonds is 3. The molecule has 1 fully saturated rings. The minimum atomic E-state index is 0.257. The van der Waals surface area contributed by atoms with Crippen molar-refractivity contribution in [2.24, 2.45) is 5.73 Å². The number of nitrogens with zero attached hydrogens (tertiary/aromatic N) is 1. The van der Waals surface area contributed by atoms with Crippen molar-refractivity contribution in [3.63, 3.8) is 0 Å². The van der Waals surface area contributed by atoms with E-state index in [1.54, 1.807) is 0 Å². The molecule has 0 spiro atoms. The first kappa shape index (κ1) is 12.0. The summed E-state index contributed by atoms with van der Waals surface area (Å²) in [5.74, 6) is 4.46. The van der Waals surface area contributed by atoms with Crippen molar-refractivity contribution < 1.29 is 4.42 Å². The molecule has 0 amide bonds. The van der Waals surface area contributed by atoms with Gasteiger partial charge in [0.25, 0.3) is 0 Å². The van der Waals surface area contributed by atoms with Gasteiger partial charge in [-0.05, 0) is 37.8 Å². The Hall–Kier alpha value is -0.450. The normalized spacial score (nSPS) is 20.6. The molecule has 2 rings (SSSR count). The summed E-state index contributed by atoms with van der Waals surface area (Å²) >= 11 is 2.03. The summed E-state index contributed by atoms with van der Waals surface area (Å²) in [6.45, 7) is 4.87. The van der Waals surface area contributed by atoms with Crippen LogP contribution < -0.4 is 5.73 Å². The Morgan fingerprint density at radius 3 is 3.00 bits per heavy atom. The lowest BCUT2D eigenvalue weighted by Gasteiger charge is -2.27. The molecule has 0 bridgehead atoms. The fourth-order valence-electron chi connectivity index (χ4n) is 2.15. The third-order valence-electron chi connectivity index (χ3n) is 3.01. The number of hydrogen-bond acceptors (Lipinski definition) is 4. The average molecular weight is 240 g/mol. The van der Waals surface area contributed by atoms with E-state index in [1.165, 1.54) is 17.9 Å². The van der Waals surface area contributed by atoms with Crippen LogP contribution in [0.15, 0.2) is 16.5 Å². The predicted octanol–water partition coefficient (Wildman–Crippen LogP) is 2.03. The van der Waals surface area contributed by atoms with Gasteiger partial charge in [0.15, 0.2) is 0 Å². The maximum atomic E-state index is 5.89. The van der Waals surface area contributed by atoms with Gasteiger partial charge in [0, 0.05) is 18.8 Å². The van der Waals surface area contributed by atoms with Gasteiger partial charge in [0.1, 0.15) is 11.5 Å². The van der Waals surface area contributed by atoms with Gasteiger partial charge in [-0.3, -0.25) is 4.90 Å². The summed E-state index contributed by atoms with van der Waals surface area (Å²) in [5.41, 5.74) is 5.89. The molecule has 3 nitrogen and oxygen atoms in total. The molecule has 4 heteroatoms. The smallest absolute Gasteiger partial charge is 0.122 e. The van der Waals surface area contributed by atoms with Crippen molar-refractivity contribution in [2.75, 3.05) is 31.1 Å². The van der Waals surface area contributed by atoms with Crippen molar-refractivity contribution in [2.45, 2.75) is 19.4 Å². The van der Waals surface area contributed by atoms with Crippen molar-refractivity contribution in [1.82, 2.24) is 4.90 Å². The number of aryl methyl sites for hydroxylation is 1. The molecule has 90 valence electrons. The van der Waals surface area contributed by atoms with E-state index in [0.29, 0.717) is 6.54 Å². The molecule has 2 N–H and O–H groups in total. The van der Waals surface area contributed by atoms with Crippen molar-refractivity contribution in [1.29, 1.82) is 0 Å². The van der Waals surface area contributed by atoms with Crippen LogP contribution in [-0.2, 0) is 0 Å². The third kappa shape index (κ3) is 2.81. The maximum absolute atomic E-state index is 5.89. The van der Waals surface area contributed by atoms with Gasteiger partial charge in [0.05, 0.1) is 6.04 Å². The molecule has 16 heavy (non-hydrogen) atoms. The lowest BCUT2D eigenvalue weighted by molar-refractivity contribution is 0.191. The van der Waals surface area contributed by atoms with E-state index in [9.17, 15) is 0 Å². The zero-order valence-electron chi connectivity index (χ0n) is 9.82. The van der Waals surface area contributed by atoms with Crippen LogP contribution in [0.5, 0.6) is 0 Å². The highest BCUT2D eigenvalue weighted by Gasteiger charge is 2.22. The van der Waals surface area contributed by atoms with Crippen LogP contribution in [0.25, 0.3) is 0 Å². The summed E-state index contributed by atoms with van der Waals surface area (Å²) in [6.07, 6.45) is 1.25. The fourth-order valence-corrected chi connectivity index (χ4v) is 3.06. The summed E-state index contributed by atoms with van der Waals surface area (Å²) in [4.78, 5) is 2.46. The zero-order valence-corrected chi connectivity index (χ0v) is 10.6. The average Bonchev–Trinajstić information content (AvgIpc) is 2.55. The van der Waals surface area contributed by atoms with Gasteiger partial charge in [-0.15, -0.1) is 0 Å². The first-order chi connectivity index (χ1) is 7.81. The Kier molecular flexibility index (Phi) is 4.32. The molecule has 0 aliphatic carbocycles. The van der Waals surface area contributed by atoms with E-state index in [0.717, 1.165) is 24.6 Å². The molecule has 1 aromatic rings. The van der Waals surface area contributed by atoms with Crippen molar-refractivity contribution in [3.05, 3.63) is 23.7 Å². The van der Waals surface area contributed by atoms with Gasteiger partial charge >= 0.3 is 0 Å². The molecule has 2 heterocycles. The third-order valence-corrected chi connectivity index (χ3v) is 4.06. The molecule has 1 aliphatic rings. The summed E-state index contributed by atoms with van der Waals surface area (Å²) < 4.78 is 5.70. The number of hydrogen-bond donors (Lipinski definition) is 1. The van der Waals surface area contributed by atoms with E-state index in [-0.39, 0.29) is 6.04 Å². The van der Waals surface area contributed by atoms with Gasteiger partial charge in [0.2, 0.25) is 0 Å². The van der Waals surface area contributed by atoms with Crippen LogP contribution in [0.3, 0.4) is 0 Å². The molecule has 0 aromatic carbocycles. The van der Waals surface area contributed by atoms with Gasteiger partial charge in [-0.25, -0.2) is 0 Å². The predicted molar refractivity (Wildman–Crippen MR) is 68.8 cm³/mol. The first-order valence-corrected chi connectivity index (χ1v) is 7.05. The number of nitrogens with two attached hydrogens (primary N) is 1. The number of furan rings is 1.